The van der Waals surface area contributed by atoms with Crippen LogP contribution in [-0.2, 0) is 16.0 Å². The van der Waals surface area contributed by atoms with E-state index in [-0.39, 0.29) is 17.8 Å². The fourth-order valence-electron chi connectivity index (χ4n) is 4.13. The first-order chi connectivity index (χ1) is 13.1. The van der Waals surface area contributed by atoms with E-state index in [0.29, 0.717) is 5.92 Å². The molecule has 3 aromatic rings. The summed E-state index contributed by atoms with van der Waals surface area (Å²) in [5.74, 6) is 6.63. The predicted octanol–water partition coefficient (Wildman–Crippen LogP) is 4.61. The Kier molecular flexibility index (Phi) is 4.83. The Morgan fingerprint density at radius 2 is 2.00 bits per heavy atom. The third kappa shape index (κ3) is 3.30. The van der Waals surface area contributed by atoms with Gasteiger partial charge in [0, 0.05) is 22.2 Å². The third-order valence-electron chi connectivity index (χ3n) is 5.55. The molecule has 140 valence electrons. The van der Waals surface area contributed by atoms with Gasteiger partial charge in [-0.3, -0.25) is 9.47 Å². The topological polar surface area (TPSA) is 57.2 Å². The predicted molar refractivity (Wildman–Crippen MR) is 109 cm³/mol. The SMILES string of the molecule is COC(=O)Cc1ccc(-c2cc3cccc(C4CCCC4Cl)c3n2N)cc1. The number of hydrogen-bond donors (Lipinski definition) is 1. The maximum Gasteiger partial charge on any atom is 0.309 e. The highest BCUT2D eigenvalue weighted by Gasteiger charge is 2.29. The normalized spacial score (nSPS) is 19.5. The number of nitrogens with two attached hydrogens (primary N) is 1. The summed E-state index contributed by atoms with van der Waals surface area (Å²) in [7, 11) is 1.40. The number of alkyl halides is 1. The van der Waals surface area contributed by atoms with Gasteiger partial charge in [0.1, 0.15) is 0 Å². The Balaban J connectivity index is 1.73. The highest BCUT2D eigenvalue weighted by atomic mass is 35.5. The van der Waals surface area contributed by atoms with Gasteiger partial charge in [0.05, 0.1) is 24.7 Å². The van der Waals surface area contributed by atoms with Crippen molar-refractivity contribution in [3.8, 4) is 11.3 Å². The molecule has 0 bridgehead atoms. The van der Waals surface area contributed by atoms with E-state index in [1.165, 1.54) is 12.7 Å². The summed E-state index contributed by atoms with van der Waals surface area (Å²) in [6.07, 6.45) is 3.60. The average molecular weight is 383 g/mol. The van der Waals surface area contributed by atoms with Crippen LogP contribution >= 0.6 is 11.6 Å². The number of ether oxygens (including phenoxy) is 1. The van der Waals surface area contributed by atoms with Crippen molar-refractivity contribution in [2.24, 2.45) is 0 Å². The van der Waals surface area contributed by atoms with Crippen LogP contribution in [-0.4, -0.2) is 23.1 Å². The molecule has 1 aliphatic rings. The molecule has 1 aliphatic carbocycles. The van der Waals surface area contributed by atoms with Gasteiger partial charge in [-0.25, -0.2) is 0 Å². The zero-order chi connectivity index (χ0) is 19.0. The molecule has 1 saturated carbocycles. The molecular formula is C22H23ClN2O2. The average Bonchev–Trinajstić information content (AvgIpc) is 3.26. The molecule has 4 nitrogen and oxygen atoms in total. The van der Waals surface area contributed by atoms with Gasteiger partial charge in [0.15, 0.2) is 0 Å². The van der Waals surface area contributed by atoms with Crippen LogP contribution in [0.25, 0.3) is 22.2 Å². The number of hydrogen-bond acceptors (Lipinski definition) is 3. The molecule has 0 spiro atoms. The van der Waals surface area contributed by atoms with Gasteiger partial charge >= 0.3 is 5.97 Å². The minimum absolute atomic E-state index is 0.173. The molecule has 27 heavy (non-hydrogen) atoms. The molecule has 0 saturated heterocycles. The van der Waals surface area contributed by atoms with E-state index in [1.54, 1.807) is 4.68 Å². The molecule has 2 atom stereocenters. The smallest absolute Gasteiger partial charge is 0.309 e. The Morgan fingerprint density at radius 1 is 1.22 bits per heavy atom. The summed E-state index contributed by atoms with van der Waals surface area (Å²) in [4.78, 5) is 11.4. The second kappa shape index (κ2) is 7.28. The Labute approximate surface area is 163 Å². The number of carbonyl (C=O) groups is 1. The molecular weight excluding hydrogens is 360 g/mol. The van der Waals surface area contributed by atoms with Gasteiger partial charge in [0.2, 0.25) is 0 Å². The summed E-state index contributed by atoms with van der Waals surface area (Å²) < 4.78 is 6.50. The zero-order valence-corrected chi connectivity index (χ0v) is 16.1. The number of rotatable bonds is 4. The highest BCUT2D eigenvalue weighted by molar-refractivity contribution is 6.21. The van der Waals surface area contributed by atoms with Crippen molar-refractivity contribution in [3.63, 3.8) is 0 Å². The number of methoxy groups -OCH3 is 1. The van der Waals surface area contributed by atoms with E-state index in [2.05, 4.69) is 24.3 Å². The molecule has 2 N–H and O–H groups in total. The van der Waals surface area contributed by atoms with Crippen LogP contribution in [0.15, 0.2) is 48.5 Å². The molecule has 1 fully saturated rings. The fourth-order valence-corrected chi connectivity index (χ4v) is 4.55. The Bertz CT molecular complexity index is 978. The lowest BCUT2D eigenvalue weighted by molar-refractivity contribution is -0.139. The Hall–Kier alpha value is -2.46. The monoisotopic (exact) mass is 382 g/mol. The molecule has 2 aromatic carbocycles. The van der Waals surface area contributed by atoms with E-state index < -0.39 is 0 Å². The molecule has 5 heteroatoms. The van der Waals surface area contributed by atoms with E-state index in [4.69, 9.17) is 22.2 Å². The number of nitrogen functional groups attached to an aromatic ring is 1. The maximum absolute atomic E-state index is 11.4. The third-order valence-corrected chi connectivity index (χ3v) is 6.07. The van der Waals surface area contributed by atoms with E-state index in [9.17, 15) is 4.79 Å². The zero-order valence-electron chi connectivity index (χ0n) is 15.3. The number of aromatic nitrogens is 1. The first-order valence-electron chi connectivity index (χ1n) is 9.28. The first-order valence-corrected chi connectivity index (χ1v) is 9.71. The van der Waals surface area contributed by atoms with Gasteiger partial charge in [-0.2, -0.15) is 0 Å². The summed E-state index contributed by atoms with van der Waals surface area (Å²) in [6.45, 7) is 0. The van der Waals surface area contributed by atoms with Crippen molar-refractivity contribution in [1.29, 1.82) is 0 Å². The number of halogens is 1. The molecule has 2 unspecified atom stereocenters. The van der Waals surface area contributed by atoms with Crippen LogP contribution in [0.2, 0.25) is 0 Å². The lowest BCUT2D eigenvalue weighted by atomic mass is 9.95. The lowest BCUT2D eigenvalue weighted by Gasteiger charge is -2.16. The first kappa shape index (κ1) is 17.9. The van der Waals surface area contributed by atoms with Crippen LogP contribution in [0.3, 0.4) is 0 Å². The van der Waals surface area contributed by atoms with Crippen molar-refractivity contribution in [2.75, 3.05) is 13.0 Å². The van der Waals surface area contributed by atoms with Crippen LogP contribution in [0.5, 0.6) is 0 Å². The van der Waals surface area contributed by atoms with Crippen LogP contribution in [0.1, 0.15) is 36.3 Å². The quantitative estimate of drug-likeness (QED) is 0.407. The van der Waals surface area contributed by atoms with Gasteiger partial charge < -0.3 is 10.6 Å². The minimum atomic E-state index is -0.243. The number of esters is 1. The molecule has 1 aromatic heterocycles. The Morgan fingerprint density at radius 3 is 2.67 bits per heavy atom. The number of carbonyl (C=O) groups excluding carboxylic acids is 1. The number of fused-ring (bicyclic) bond motifs is 1. The van der Waals surface area contributed by atoms with E-state index >= 15 is 0 Å². The van der Waals surface area contributed by atoms with Crippen LogP contribution < -0.4 is 5.84 Å². The highest BCUT2D eigenvalue weighted by Crippen LogP contribution is 2.41. The van der Waals surface area contributed by atoms with Crippen molar-refractivity contribution >= 4 is 28.5 Å². The molecule has 0 aliphatic heterocycles. The lowest BCUT2D eigenvalue weighted by Crippen LogP contribution is -2.13. The maximum atomic E-state index is 11.4. The van der Waals surface area contributed by atoms with Crippen molar-refractivity contribution in [3.05, 3.63) is 59.7 Å². The van der Waals surface area contributed by atoms with Crippen molar-refractivity contribution in [2.45, 2.75) is 37.0 Å². The summed E-state index contributed by atoms with van der Waals surface area (Å²) >= 11 is 6.57. The van der Waals surface area contributed by atoms with Crippen LogP contribution in [0, 0.1) is 0 Å². The largest absolute Gasteiger partial charge is 0.469 e. The summed E-state index contributed by atoms with van der Waals surface area (Å²) in [6, 6.07) is 16.3. The van der Waals surface area contributed by atoms with Crippen LogP contribution in [0.4, 0.5) is 0 Å². The van der Waals surface area contributed by atoms with E-state index in [1.807, 2.05) is 24.3 Å². The van der Waals surface area contributed by atoms with Crippen molar-refractivity contribution in [1.82, 2.24) is 4.68 Å². The van der Waals surface area contributed by atoms with Gasteiger partial charge in [0.25, 0.3) is 0 Å². The molecule has 0 radical (unpaired) electrons. The van der Waals surface area contributed by atoms with Gasteiger partial charge in [-0.05, 0) is 30.0 Å². The van der Waals surface area contributed by atoms with Gasteiger partial charge in [-0.1, -0.05) is 48.9 Å². The fraction of sp³-hybridized carbons (Fsp3) is 0.318. The molecule has 0 amide bonds. The minimum Gasteiger partial charge on any atom is -0.469 e. The second-order valence-corrected chi connectivity index (χ2v) is 7.75. The number of nitrogens with zero attached hydrogens (tertiary/aromatic N) is 1. The second-order valence-electron chi connectivity index (χ2n) is 7.19. The van der Waals surface area contributed by atoms with Gasteiger partial charge in [-0.15, -0.1) is 11.6 Å². The number of benzene rings is 2. The standard InChI is InChI=1S/C22H23ClN2O2/c1-27-21(26)12-14-8-10-15(11-9-14)20-13-16-4-2-6-18(22(16)25(20)24)17-5-3-7-19(17)23/h2,4,6,8-11,13,17,19H,3,5,7,12,24H2,1H3. The summed E-state index contributed by atoms with van der Waals surface area (Å²) in [5, 5.41) is 1.30. The van der Waals surface area contributed by atoms with Crippen molar-refractivity contribution < 1.29 is 9.53 Å². The number of para-hydroxylation sites is 1. The van der Waals surface area contributed by atoms with E-state index in [0.717, 1.165) is 47.0 Å². The molecule has 1 heterocycles. The summed E-state index contributed by atoms with van der Waals surface area (Å²) in [5.41, 5.74) is 5.18. The molecule has 4 rings (SSSR count).